The SMILES string of the molecule is CC(C)(C)OC(=O)C(N)CCCNC(=O)c1ccc(CN(Cc2ncc[nH]2)Cc2ncc[nH]2)cc1. The van der Waals surface area contributed by atoms with E-state index in [1.807, 2.05) is 24.3 Å². The number of nitrogens with two attached hydrogens (primary N) is 1. The zero-order valence-corrected chi connectivity index (χ0v) is 20.6. The molecule has 2 heterocycles. The monoisotopic (exact) mass is 481 g/mol. The molecule has 1 atom stereocenters. The Morgan fingerprint density at radius 1 is 1.03 bits per heavy atom. The molecule has 5 N–H and O–H groups in total. The number of rotatable bonds is 12. The Bertz CT molecular complexity index is 1010. The van der Waals surface area contributed by atoms with Crippen molar-refractivity contribution in [3.05, 3.63) is 71.8 Å². The number of imidazole rings is 2. The fraction of sp³-hybridized carbons (Fsp3) is 0.440. The number of esters is 1. The number of H-pyrrole nitrogens is 2. The van der Waals surface area contributed by atoms with Gasteiger partial charge in [0.05, 0.1) is 13.1 Å². The molecule has 0 fully saturated rings. The Morgan fingerprint density at radius 2 is 1.63 bits per heavy atom. The molecular weight excluding hydrogens is 446 g/mol. The molecule has 0 aliphatic rings. The van der Waals surface area contributed by atoms with Crippen LogP contribution in [0.3, 0.4) is 0 Å². The fourth-order valence-corrected chi connectivity index (χ4v) is 3.50. The minimum absolute atomic E-state index is 0.162. The van der Waals surface area contributed by atoms with Crippen LogP contribution in [0.4, 0.5) is 0 Å². The highest BCUT2D eigenvalue weighted by Gasteiger charge is 2.21. The first-order chi connectivity index (χ1) is 16.7. The van der Waals surface area contributed by atoms with Gasteiger partial charge >= 0.3 is 5.97 Å². The second-order valence-corrected chi connectivity index (χ2v) is 9.45. The van der Waals surface area contributed by atoms with Crippen LogP contribution in [0.5, 0.6) is 0 Å². The molecule has 10 heteroatoms. The Kier molecular flexibility index (Phi) is 9.16. The maximum absolute atomic E-state index is 12.5. The first kappa shape index (κ1) is 26.1. The highest BCUT2D eigenvalue weighted by molar-refractivity contribution is 5.94. The van der Waals surface area contributed by atoms with E-state index in [4.69, 9.17) is 10.5 Å². The molecule has 0 aliphatic carbocycles. The molecule has 0 aliphatic heterocycles. The van der Waals surface area contributed by atoms with Gasteiger partial charge in [0.1, 0.15) is 23.3 Å². The van der Waals surface area contributed by atoms with Crippen LogP contribution in [0.2, 0.25) is 0 Å². The maximum Gasteiger partial charge on any atom is 0.323 e. The van der Waals surface area contributed by atoms with Crippen LogP contribution in [0.25, 0.3) is 0 Å². The summed E-state index contributed by atoms with van der Waals surface area (Å²) in [4.78, 5) is 41.6. The summed E-state index contributed by atoms with van der Waals surface area (Å²) in [6.07, 6.45) is 8.10. The van der Waals surface area contributed by atoms with Gasteiger partial charge in [-0.3, -0.25) is 14.5 Å². The van der Waals surface area contributed by atoms with Crippen molar-refractivity contribution in [3.8, 4) is 0 Å². The van der Waals surface area contributed by atoms with E-state index in [0.717, 1.165) is 17.2 Å². The molecule has 0 radical (unpaired) electrons. The summed E-state index contributed by atoms with van der Waals surface area (Å²) in [5, 5.41) is 2.88. The molecule has 0 spiro atoms. The third-order valence-electron chi connectivity index (χ3n) is 5.17. The molecule has 0 bridgehead atoms. The van der Waals surface area contributed by atoms with Gasteiger partial charge in [-0.2, -0.15) is 0 Å². The van der Waals surface area contributed by atoms with Crippen molar-refractivity contribution in [2.45, 2.75) is 64.9 Å². The number of amides is 1. The molecule has 1 amide bonds. The minimum Gasteiger partial charge on any atom is -0.459 e. The van der Waals surface area contributed by atoms with Gasteiger partial charge < -0.3 is 25.8 Å². The van der Waals surface area contributed by atoms with Gasteiger partial charge in [0.15, 0.2) is 0 Å². The van der Waals surface area contributed by atoms with Crippen molar-refractivity contribution >= 4 is 11.9 Å². The lowest BCUT2D eigenvalue weighted by Crippen LogP contribution is -2.38. The van der Waals surface area contributed by atoms with Crippen LogP contribution in [0.1, 0.15) is 61.2 Å². The van der Waals surface area contributed by atoms with Crippen molar-refractivity contribution in [3.63, 3.8) is 0 Å². The van der Waals surface area contributed by atoms with Crippen LogP contribution >= 0.6 is 0 Å². The molecule has 2 aromatic heterocycles. The van der Waals surface area contributed by atoms with Gasteiger partial charge in [-0.15, -0.1) is 0 Å². The summed E-state index contributed by atoms with van der Waals surface area (Å²) >= 11 is 0. The Hall–Kier alpha value is -3.50. The van der Waals surface area contributed by atoms with Gasteiger partial charge in [-0.05, 0) is 51.3 Å². The number of aromatic amines is 2. The van der Waals surface area contributed by atoms with Crippen molar-refractivity contribution in [1.29, 1.82) is 0 Å². The zero-order valence-electron chi connectivity index (χ0n) is 20.6. The van der Waals surface area contributed by atoms with Crippen LogP contribution in [-0.2, 0) is 29.2 Å². The summed E-state index contributed by atoms with van der Waals surface area (Å²) in [7, 11) is 0. The number of hydrogen-bond donors (Lipinski definition) is 4. The number of benzene rings is 1. The highest BCUT2D eigenvalue weighted by atomic mass is 16.6. The number of carbonyl (C=O) groups is 2. The van der Waals surface area contributed by atoms with E-state index < -0.39 is 17.6 Å². The number of ether oxygens (including phenoxy) is 1. The van der Waals surface area contributed by atoms with Crippen LogP contribution in [-0.4, -0.2) is 54.9 Å². The predicted octanol–water partition coefficient (Wildman–Crippen LogP) is 2.51. The number of aromatic nitrogens is 4. The minimum atomic E-state index is -0.698. The topological polar surface area (TPSA) is 142 Å². The lowest BCUT2D eigenvalue weighted by molar-refractivity contribution is -0.156. The number of carbonyl (C=O) groups excluding carboxylic acids is 2. The smallest absolute Gasteiger partial charge is 0.323 e. The molecular formula is C25H35N7O3. The van der Waals surface area contributed by atoms with Crippen LogP contribution < -0.4 is 11.1 Å². The normalized spacial score (nSPS) is 12.5. The quantitative estimate of drug-likeness (QED) is 0.230. The molecule has 3 rings (SSSR count). The summed E-state index contributed by atoms with van der Waals surface area (Å²) in [6.45, 7) is 7.79. The standard InChI is InChI=1S/C25H35N7O3/c1-25(2,3)35-24(34)20(26)5-4-10-31-23(33)19-8-6-18(7-9-19)15-32(16-21-27-11-12-28-21)17-22-29-13-14-30-22/h6-9,11-14,20H,4-5,10,15-17,26H2,1-3H3,(H,27,28)(H,29,30)(H,31,33). The summed E-state index contributed by atoms with van der Waals surface area (Å²) < 4.78 is 5.28. The molecule has 3 aromatic rings. The average Bonchev–Trinajstić information content (AvgIpc) is 3.50. The predicted molar refractivity (Wildman–Crippen MR) is 132 cm³/mol. The largest absolute Gasteiger partial charge is 0.459 e. The molecule has 1 aromatic carbocycles. The number of nitrogens with zero attached hydrogens (tertiary/aromatic N) is 3. The Balaban J connectivity index is 1.47. The summed E-state index contributed by atoms with van der Waals surface area (Å²) in [6, 6.07) is 6.83. The maximum atomic E-state index is 12.5. The Morgan fingerprint density at radius 3 is 2.14 bits per heavy atom. The van der Waals surface area contributed by atoms with Gasteiger partial charge in [0.2, 0.25) is 0 Å². The second kappa shape index (κ2) is 12.3. The summed E-state index contributed by atoms with van der Waals surface area (Å²) in [5.74, 6) is 1.16. The summed E-state index contributed by atoms with van der Waals surface area (Å²) in [5.41, 5.74) is 6.97. The molecule has 0 saturated heterocycles. The lowest BCUT2D eigenvalue weighted by Gasteiger charge is -2.22. The van der Waals surface area contributed by atoms with Crippen LogP contribution in [0, 0.1) is 0 Å². The van der Waals surface area contributed by atoms with E-state index in [1.54, 1.807) is 45.6 Å². The van der Waals surface area contributed by atoms with E-state index in [0.29, 0.717) is 44.6 Å². The second-order valence-electron chi connectivity index (χ2n) is 9.45. The van der Waals surface area contributed by atoms with Gasteiger partial charge in [-0.25, -0.2) is 9.97 Å². The molecule has 1 unspecified atom stereocenters. The van der Waals surface area contributed by atoms with Gasteiger partial charge in [0, 0.05) is 43.4 Å². The first-order valence-electron chi connectivity index (χ1n) is 11.7. The van der Waals surface area contributed by atoms with Gasteiger partial charge in [-0.1, -0.05) is 12.1 Å². The zero-order chi connectivity index (χ0) is 25.3. The van der Waals surface area contributed by atoms with E-state index in [1.165, 1.54) is 0 Å². The van der Waals surface area contributed by atoms with Crippen molar-refractivity contribution in [2.24, 2.45) is 5.73 Å². The molecule has 0 saturated carbocycles. The van der Waals surface area contributed by atoms with Crippen molar-refractivity contribution in [1.82, 2.24) is 30.2 Å². The first-order valence-corrected chi connectivity index (χ1v) is 11.7. The molecule has 188 valence electrons. The van der Waals surface area contributed by atoms with E-state index >= 15 is 0 Å². The van der Waals surface area contributed by atoms with E-state index in [9.17, 15) is 9.59 Å². The number of hydrogen-bond acceptors (Lipinski definition) is 7. The molecule has 35 heavy (non-hydrogen) atoms. The van der Waals surface area contributed by atoms with E-state index in [2.05, 4.69) is 30.2 Å². The van der Waals surface area contributed by atoms with Crippen molar-refractivity contribution < 1.29 is 14.3 Å². The van der Waals surface area contributed by atoms with Crippen molar-refractivity contribution in [2.75, 3.05) is 6.54 Å². The average molecular weight is 482 g/mol. The fourth-order valence-electron chi connectivity index (χ4n) is 3.50. The lowest BCUT2D eigenvalue weighted by atomic mass is 10.1. The van der Waals surface area contributed by atoms with Crippen LogP contribution in [0.15, 0.2) is 49.1 Å². The van der Waals surface area contributed by atoms with Gasteiger partial charge in [0.25, 0.3) is 5.91 Å². The molecule has 10 nitrogen and oxygen atoms in total. The number of nitrogens with one attached hydrogen (secondary N) is 3. The van der Waals surface area contributed by atoms with E-state index in [-0.39, 0.29) is 5.91 Å². The third-order valence-corrected chi connectivity index (χ3v) is 5.17. The third kappa shape index (κ3) is 8.99. The Labute approximate surface area is 205 Å². The highest BCUT2D eigenvalue weighted by Crippen LogP contribution is 2.13.